The van der Waals surface area contributed by atoms with Gasteiger partial charge in [0, 0.05) is 23.8 Å². The van der Waals surface area contributed by atoms with Crippen LogP contribution >= 0.6 is 0 Å². The summed E-state index contributed by atoms with van der Waals surface area (Å²) in [4.78, 5) is 3.53. The summed E-state index contributed by atoms with van der Waals surface area (Å²) in [6.45, 7) is 5.32. The predicted octanol–water partition coefficient (Wildman–Crippen LogP) is 3.04. The van der Waals surface area contributed by atoms with Crippen molar-refractivity contribution < 1.29 is 0 Å². The van der Waals surface area contributed by atoms with Crippen LogP contribution in [0.15, 0.2) is 18.2 Å². The van der Waals surface area contributed by atoms with E-state index in [1.54, 1.807) is 0 Å². The van der Waals surface area contributed by atoms with E-state index in [1.165, 1.54) is 40.6 Å². The van der Waals surface area contributed by atoms with Crippen molar-refractivity contribution >= 4 is 10.9 Å². The van der Waals surface area contributed by atoms with Gasteiger partial charge in [0.15, 0.2) is 0 Å². The van der Waals surface area contributed by atoms with Gasteiger partial charge in [-0.2, -0.15) is 0 Å². The minimum Gasteiger partial charge on any atom is -0.357 e. The smallest absolute Gasteiger partial charge is 0.0488 e. The fourth-order valence-corrected chi connectivity index (χ4v) is 2.14. The van der Waals surface area contributed by atoms with Crippen molar-refractivity contribution in [3.8, 4) is 0 Å². The monoisotopic (exact) mass is 214 g/mol. The Morgan fingerprint density at radius 2 is 2.12 bits per heavy atom. The SMILES string of the molecule is Cc1ccc2cc(CNC3CC3)[nH]c2c1C. The van der Waals surface area contributed by atoms with Gasteiger partial charge in [0.2, 0.25) is 0 Å². The first-order valence-electron chi connectivity index (χ1n) is 6.05. The molecule has 2 aromatic rings. The van der Waals surface area contributed by atoms with Gasteiger partial charge in [-0.1, -0.05) is 12.1 Å². The van der Waals surface area contributed by atoms with Gasteiger partial charge < -0.3 is 10.3 Å². The number of hydrogen-bond acceptors (Lipinski definition) is 1. The van der Waals surface area contributed by atoms with Gasteiger partial charge in [0.25, 0.3) is 0 Å². The quantitative estimate of drug-likeness (QED) is 0.807. The molecule has 1 aromatic heterocycles. The molecule has 0 bridgehead atoms. The Bertz CT molecular complexity index is 521. The van der Waals surface area contributed by atoms with E-state index in [0.717, 1.165) is 12.6 Å². The van der Waals surface area contributed by atoms with Gasteiger partial charge in [0.05, 0.1) is 0 Å². The number of benzene rings is 1. The minimum atomic E-state index is 0.772. The Hall–Kier alpha value is -1.28. The number of aryl methyl sites for hydroxylation is 2. The number of nitrogens with one attached hydrogen (secondary N) is 2. The first kappa shape index (κ1) is 9.91. The maximum atomic E-state index is 3.54. The standard InChI is InChI=1S/C14H18N2/c1-9-3-4-11-7-13(8-15-12-5-6-12)16-14(11)10(9)2/h3-4,7,12,15-16H,5-6,8H2,1-2H3. The van der Waals surface area contributed by atoms with Crippen molar-refractivity contribution in [2.75, 3.05) is 0 Å². The average molecular weight is 214 g/mol. The second kappa shape index (κ2) is 3.63. The van der Waals surface area contributed by atoms with Crippen LogP contribution in [0.5, 0.6) is 0 Å². The lowest BCUT2D eigenvalue weighted by Gasteiger charge is -2.01. The highest BCUT2D eigenvalue weighted by Gasteiger charge is 2.20. The molecule has 1 fully saturated rings. The highest BCUT2D eigenvalue weighted by molar-refractivity contribution is 5.84. The number of H-pyrrole nitrogens is 1. The molecule has 16 heavy (non-hydrogen) atoms. The topological polar surface area (TPSA) is 27.8 Å². The second-order valence-electron chi connectivity index (χ2n) is 4.92. The van der Waals surface area contributed by atoms with Crippen LogP contribution in [0.25, 0.3) is 10.9 Å². The summed E-state index contributed by atoms with van der Waals surface area (Å²) in [7, 11) is 0. The predicted molar refractivity (Wildman–Crippen MR) is 67.6 cm³/mol. The molecule has 0 amide bonds. The van der Waals surface area contributed by atoms with E-state index in [-0.39, 0.29) is 0 Å². The molecule has 1 aliphatic carbocycles. The Labute approximate surface area is 96.1 Å². The van der Waals surface area contributed by atoms with Gasteiger partial charge in [-0.05, 0) is 49.3 Å². The molecule has 1 heterocycles. The van der Waals surface area contributed by atoms with E-state index >= 15 is 0 Å². The third-order valence-corrected chi connectivity index (χ3v) is 3.54. The zero-order valence-electron chi connectivity index (χ0n) is 9.93. The highest BCUT2D eigenvalue weighted by atomic mass is 15.0. The van der Waals surface area contributed by atoms with Gasteiger partial charge >= 0.3 is 0 Å². The molecule has 0 atom stereocenters. The van der Waals surface area contributed by atoms with Gasteiger partial charge in [-0.15, -0.1) is 0 Å². The lowest BCUT2D eigenvalue weighted by atomic mass is 10.1. The number of aromatic amines is 1. The molecule has 0 unspecified atom stereocenters. The number of hydrogen-bond donors (Lipinski definition) is 2. The molecule has 0 radical (unpaired) electrons. The summed E-state index contributed by atoms with van der Waals surface area (Å²) >= 11 is 0. The van der Waals surface area contributed by atoms with Crippen molar-refractivity contribution in [1.29, 1.82) is 0 Å². The fraction of sp³-hybridized carbons (Fsp3) is 0.429. The van der Waals surface area contributed by atoms with Gasteiger partial charge in [-0.25, -0.2) is 0 Å². The van der Waals surface area contributed by atoms with E-state index < -0.39 is 0 Å². The van der Waals surface area contributed by atoms with E-state index in [9.17, 15) is 0 Å². The Morgan fingerprint density at radius 1 is 1.31 bits per heavy atom. The van der Waals surface area contributed by atoms with Crippen LogP contribution in [0.1, 0.15) is 29.7 Å². The highest BCUT2D eigenvalue weighted by Crippen LogP contribution is 2.23. The molecule has 2 nitrogen and oxygen atoms in total. The van der Waals surface area contributed by atoms with Crippen LogP contribution in [0.2, 0.25) is 0 Å². The minimum absolute atomic E-state index is 0.772. The van der Waals surface area contributed by atoms with Crippen LogP contribution in [0.3, 0.4) is 0 Å². The van der Waals surface area contributed by atoms with Crippen molar-refractivity contribution in [3.63, 3.8) is 0 Å². The molecule has 1 aliphatic rings. The van der Waals surface area contributed by atoms with E-state index in [1.807, 2.05) is 0 Å². The zero-order chi connectivity index (χ0) is 11.1. The van der Waals surface area contributed by atoms with E-state index in [4.69, 9.17) is 0 Å². The number of fused-ring (bicyclic) bond motifs is 1. The lowest BCUT2D eigenvalue weighted by molar-refractivity contribution is 0.678. The van der Waals surface area contributed by atoms with Crippen molar-refractivity contribution in [3.05, 3.63) is 35.0 Å². The van der Waals surface area contributed by atoms with Crippen LogP contribution in [-0.2, 0) is 6.54 Å². The first-order chi connectivity index (χ1) is 7.74. The second-order valence-corrected chi connectivity index (χ2v) is 4.92. The van der Waals surface area contributed by atoms with Crippen LogP contribution in [0, 0.1) is 13.8 Å². The molecule has 84 valence electrons. The number of aromatic nitrogens is 1. The van der Waals surface area contributed by atoms with Crippen molar-refractivity contribution in [2.45, 2.75) is 39.3 Å². The summed E-state index contributed by atoms with van der Waals surface area (Å²) in [5.41, 5.74) is 5.33. The van der Waals surface area contributed by atoms with Crippen LogP contribution in [-0.4, -0.2) is 11.0 Å². The molecule has 3 rings (SSSR count). The van der Waals surface area contributed by atoms with Crippen LogP contribution in [0.4, 0.5) is 0 Å². The van der Waals surface area contributed by atoms with Crippen molar-refractivity contribution in [2.24, 2.45) is 0 Å². The van der Waals surface area contributed by atoms with Gasteiger partial charge in [-0.3, -0.25) is 0 Å². The maximum absolute atomic E-state index is 3.54. The summed E-state index contributed by atoms with van der Waals surface area (Å²) < 4.78 is 0. The van der Waals surface area contributed by atoms with Crippen LogP contribution < -0.4 is 5.32 Å². The fourth-order valence-electron chi connectivity index (χ4n) is 2.14. The molecule has 1 aromatic carbocycles. The molecule has 0 saturated heterocycles. The molecule has 2 heteroatoms. The zero-order valence-corrected chi connectivity index (χ0v) is 9.93. The molecule has 0 spiro atoms. The summed E-state index contributed by atoms with van der Waals surface area (Å²) in [6.07, 6.45) is 2.69. The number of rotatable bonds is 3. The Balaban J connectivity index is 1.91. The lowest BCUT2D eigenvalue weighted by Crippen LogP contribution is -2.15. The Kier molecular flexibility index (Phi) is 2.25. The summed E-state index contributed by atoms with van der Waals surface area (Å²) in [5.74, 6) is 0. The third kappa shape index (κ3) is 1.74. The molecular formula is C14H18N2. The van der Waals surface area contributed by atoms with Crippen molar-refractivity contribution in [1.82, 2.24) is 10.3 Å². The normalized spacial score (nSPS) is 15.9. The maximum Gasteiger partial charge on any atom is 0.0488 e. The molecular weight excluding hydrogens is 196 g/mol. The summed E-state index contributed by atoms with van der Waals surface area (Å²) in [5, 5.41) is 4.87. The van der Waals surface area contributed by atoms with E-state index in [0.29, 0.717) is 0 Å². The van der Waals surface area contributed by atoms with E-state index in [2.05, 4.69) is 42.3 Å². The summed E-state index contributed by atoms with van der Waals surface area (Å²) in [6, 6.07) is 7.43. The molecule has 2 N–H and O–H groups in total. The first-order valence-corrected chi connectivity index (χ1v) is 6.05. The molecule has 1 saturated carbocycles. The Morgan fingerprint density at radius 3 is 2.88 bits per heavy atom. The average Bonchev–Trinajstić information content (AvgIpc) is 3.01. The largest absolute Gasteiger partial charge is 0.357 e. The van der Waals surface area contributed by atoms with Gasteiger partial charge in [0.1, 0.15) is 0 Å². The third-order valence-electron chi connectivity index (χ3n) is 3.54. The molecule has 0 aliphatic heterocycles.